The maximum Gasteiger partial charge on any atom is 0.174 e. The van der Waals surface area contributed by atoms with E-state index in [1.165, 1.54) is 17.0 Å². The molecule has 1 N–H and O–H groups in total. The highest BCUT2D eigenvalue weighted by atomic mass is 32.1. The maximum absolute atomic E-state index is 6.16. The average molecular weight is 531 g/mol. The third kappa shape index (κ3) is 4.68. The van der Waals surface area contributed by atoms with Crippen LogP contribution in [0.25, 0.3) is 5.69 Å². The smallest absolute Gasteiger partial charge is 0.174 e. The van der Waals surface area contributed by atoms with Crippen LogP contribution in [0.2, 0.25) is 0 Å². The number of thiocarbonyl (C=S) groups is 1. The number of ether oxygens (including phenoxy) is 1. The molecule has 5 aromatic rings. The van der Waals surface area contributed by atoms with E-state index in [-0.39, 0.29) is 12.1 Å². The summed E-state index contributed by atoms with van der Waals surface area (Å²) < 4.78 is 8.47. The third-order valence-corrected chi connectivity index (χ3v) is 7.65. The number of hydrogen-bond donors (Lipinski definition) is 1. The number of nitrogens with zero attached hydrogens (tertiary/aromatic N) is 3. The summed E-state index contributed by atoms with van der Waals surface area (Å²) in [7, 11) is 0. The number of nitrogens with one attached hydrogen (secondary N) is 1. The molecule has 39 heavy (non-hydrogen) atoms. The molecule has 6 heteroatoms. The van der Waals surface area contributed by atoms with Crippen molar-refractivity contribution in [1.82, 2.24) is 14.9 Å². The Bertz CT molecular complexity index is 1610. The average Bonchev–Trinajstić information content (AvgIpc) is 3.46. The Labute approximate surface area is 234 Å². The molecule has 0 radical (unpaired) electrons. The van der Waals surface area contributed by atoms with Gasteiger partial charge in [0.15, 0.2) is 5.11 Å². The van der Waals surface area contributed by atoms with Crippen molar-refractivity contribution in [3.05, 3.63) is 138 Å². The van der Waals surface area contributed by atoms with Crippen molar-refractivity contribution in [2.24, 2.45) is 0 Å². The van der Waals surface area contributed by atoms with E-state index in [1.807, 2.05) is 67.7 Å². The number of benzene rings is 3. The van der Waals surface area contributed by atoms with E-state index in [9.17, 15) is 0 Å². The molecule has 2 aromatic heterocycles. The number of para-hydroxylation sites is 2. The van der Waals surface area contributed by atoms with Crippen LogP contribution in [-0.4, -0.2) is 14.7 Å². The Balaban J connectivity index is 1.41. The number of aromatic nitrogens is 2. The summed E-state index contributed by atoms with van der Waals surface area (Å²) in [5, 5.41) is 4.25. The summed E-state index contributed by atoms with van der Waals surface area (Å²) >= 11 is 5.96. The molecule has 1 aliphatic heterocycles. The van der Waals surface area contributed by atoms with E-state index in [1.54, 1.807) is 0 Å². The Morgan fingerprint density at radius 2 is 1.51 bits per heavy atom. The molecule has 0 spiro atoms. The molecule has 5 nitrogen and oxygen atoms in total. The molecule has 0 amide bonds. The lowest BCUT2D eigenvalue weighted by Crippen LogP contribution is -2.29. The first-order valence-corrected chi connectivity index (χ1v) is 13.5. The standard InChI is InChI=1S/C33H30N4OS/c1-22-11-7-8-15-30(22)38-27-18-16-26(17-19-27)37-32(31(35-33(37)39)29-14-9-10-20-34-29)28-21-23(2)36(24(28)3)25-12-5-4-6-13-25/h4-21,31-32H,1-3H3,(H,35,39)/t31-,32+/m0/s1. The van der Waals surface area contributed by atoms with Crippen molar-refractivity contribution in [1.29, 1.82) is 0 Å². The molecule has 194 valence electrons. The third-order valence-electron chi connectivity index (χ3n) is 7.34. The highest BCUT2D eigenvalue weighted by Crippen LogP contribution is 2.44. The molecule has 3 aromatic carbocycles. The first kappa shape index (κ1) is 24.9. The van der Waals surface area contributed by atoms with Gasteiger partial charge in [-0.25, -0.2) is 0 Å². The normalized spacial score (nSPS) is 16.8. The first-order valence-electron chi connectivity index (χ1n) is 13.1. The zero-order valence-corrected chi connectivity index (χ0v) is 23.0. The van der Waals surface area contributed by atoms with Gasteiger partial charge >= 0.3 is 0 Å². The number of anilines is 1. The molecular formula is C33H30N4OS. The van der Waals surface area contributed by atoms with Crippen molar-refractivity contribution in [2.45, 2.75) is 32.9 Å². The fourth-order valence-electron chi connectivity index (χ4n) is 5.48. The fraction of sp³-hybridized carbons (Fsp3) is 0.152. The van der Waals surface area contributed by atoms with Gasteiger partial charge in [0.05, 0.1) is 17.8 Å². The monoisotopic (exact) mass is 530 g/mol. The predicted octanol–water partition coefficient (Wildman–Crippen LogP) is 7.77. The van der Waals surface area contributed by atoms with Crippen LogP contribution < -0.4 is 15.0 Å². The molecule has 0 saturated carbocycles. The van der Waals surface area contributed by atoms with Gasteiger partial charge in [0.25, 0.3) is 0 Å². The molecule has 6 rings (SSSR count). The Morgan fingerprint density at radius 1 is 0.795 bits per heavy atom. The second-order valence-corrected chi connectivity index (χ2v) is 10.2. The van der Waals surface area contributed by atoms with Gasteiger partial charge in [-0.1, -0.05) is 42.5 Å². The lowest BCUT2D eigenvalue weighted by Gasteiger charge is -2.28. The minimum Gasteiger partial charge on any atom is -0.457 e. The summed E-state index contributed by atoms with van der Waals surface area (Å²) in [4.78, 5) is 6.92. The summed E-state index contributed by atoms with van der Waals surface area (Å²) in [5.41, 5.74) is 7.76. The summed E-state index contributed by atoms with van der Waals surface area (Å²) in [5.74, 6) is 1.64. The molecule has 1 saturated heterocycles. The predicted molar refractivity (Wildman–Crippen MR) is 161 cm³/mol. The molecule has 0 aliphatic carbocycles. The van der Waals surface area contributed by atoms with Gasteiger partial charge in [0.1, 0.15) is 11.5 Å². The number of aryl methyl sites for hydroxylation is 2. The summed E-state index contributed by atoms with van der Waals surface area (Å²) in [6, 6.07) is 34.8. The fourth-order valence-corrected chi connectivity index (χ4v) is 5.83. The quantitative estimate of drug-likeness (QED) is 0.227. The zero-order valence-electron chi connectivity index (χ0n) is 22.2. The van der Waals surface area contributed by atoms with Crippen molar-refractivity contribution < 1.29 is 4.74 Å². The van der Waals surface area contributed by atoms with Gasteiger partial charge in [-0.2, -0.15) is 0 Å². The molecule has 0 unspecified atom stereocenters. The Morgan fingerprint density at radius 3 is 2.23 bits per heavy atom. The number of pyridine rings is 1. The number of hydrogen-bond acceptors (Lipinski definition) is 3. The van der Waals surface area contributed by atoms with Gasteiger partial charge < -0.3 is 19.5 Å². The van der Waals surface area contributed by atoms with Crippen LogP contribution in [0.4, 0.5) is 5.69 Å². The minimum atomic E-state index is -0.105. The lowest BCUT2D eigenvalue weighted by atomic mass is 9.96. The molecular weight excluding hydrogens is 500 g/mol. The van der Waals surface area contributed by atoms with Gasteiger partial charge in [-0.3, -0.25) is 4.98 Å². The molecule has 3 heterocycles. The number of rotatable bonds is 6. The van der Waals surface area contributed by atoms with Crippen molar-refractivity contribution in [3.8, 4) is 17.2 Å². The van der Waals surface area contributed by atoms with Crippen LogP contribution >= 0.6 is 12.2 Å². The summed E-state index contributed by atoms with van der Waals surface area (Å²) in [6.45, 7) is 6.39. The minimum absolute atomic E-state index is 0.0841. The van der Waals surface area contributed by atoms with E-state index in [2.05, 4.69) is 77.2 Å². The molecule has 1 fully saturated rings. The molecule has 1 aliphatic rings. The van der Waals surface area contributed by atoms with E-state index < -0.39 is 0 Å². The SMILES string of the molecule is Cc1ccccc1Oc1ccc(N2C(=S)N[C@@H](c3ccccn3)[C@H]2c2cc(C)n(-c3ccccc3)c2C)cc1. The molecule has 2 atom stereocenters. The van der Waals surface area contributed by atoms with Crippen molar-refractivity contribution >= 4 is 23.0 Å². The summed E-state index contributed by atoms with van der Waals surface area (Å²) in [6.07, 6.45) is 1.84. The van der Waals surface area contributed by atoms with Gasteiger partial charge in [0.2, 0.25) is 0 Å². The van der Waals surface area contributed by atoms with E-state index in [4.69, 9.17) is 21.9 Å². The largest absolute Gasteiger partial charge is 0.457 e. The van der Waals surface area contributed by atoms with Crippen LogP contribution in [-0.2, 0) is 0 Å². The van der Waals surface area contributed by atoms with Crippen LogP contribution in [0.5, 0.6) is 11.5 Å². The van der Waals surface area contributed by atoms with Crippen LogP contribution in [0.15, 0.2) is 109 Å². The van der Waals surface area contributed by atoms with Gasteiger partial charge in [-0.15, -0.1) is 0 Å². The Kier molecular flexibility index (Phi) is 6.63. The lowest BCUT2D eigenvalue weighted by molar-refractivity contribution is 0.479. The van der Waals surface area contributed by atoms with Gasteiger partial charge in [0, 0.05) is 29.0 Å². The van der Waals surface area contributed by atoms with Gasteiger partial charge in [-0.05, 0) is 105 Å². The highest BCUT2D eigenvalue weighted by Gasteiger charge is 2.42. The first-order chi connectivity index (χ1) is 19.0. The van der Waals surface area contributed by atoms with E-state index in [0.717, 1.165) is 34.1 Å². The maximum atomic E-state index is 6.16. The van der Waals surface area contributed by atoms with Crippen LogP contribution in [0.3, 0.4) is 0 Å². The van der Waals surface area contributed by atoms with E-state index in [0.29, 0.717) is 5.11 Å². The highest BCUT2D eigenvalue weighted by molar-refractivity contribution is 7.80. The second kappa shape index (κ2) is 10.4. The Hall–Kier alpha value is -4.42. The van der Waals surface area contributed by atoms with Crippen molar-refractivity contribution in [3.63, 3.8) is 0 Å². The van der Waals surface area contributed by atoms with Crippen LogP contribution in [0.1, 0.15) is 40.3 Å². The van der Waals surface area contributed by atoms with Crippen LogP contribution in [0, 0.1) is 20.8 Å². The molecule has 0 bridgehead atoms. The van der Waals surface area contributed by atoms with E-state index >= 15 is 0 Å². The zero-order chi connectivity index (χ0) is 26.9. The van der Waals surface area contributed by atoms with Crippen molar-refractivity contribution in [2.75, 3.05) is 4.90 Å². The second-order valence-electron chi connectivity index (χ2n) is 9.86. The topological polar surface area (TPSA) is 42.3 Å².